The Bertz CT molecular complexity index is 771. The van der Waals surface area contributed by atoms with E-state index in [1.165, 1.54) is 11.3 Å². The molecule has 2 heterocycles. The van der Waals surface area contributed by atoms with Gasteiger partial charge in [0.25, 0.3) is 5.91 Å². The van der Waals surface area contributed by atoms with Crippen molar-refractivity contribution in [1.29, 1.82) is 0 Å². The second-order valence-electron chi connectivity index (χ2n) is 4.46. The van der Waals surface area contributed by atoms with E-state index in [1.807, 2.05) is 29.6 Å². The molecule has 0 atom stereocenters. The van der Waals surface area contributed by atoms with Crippen molar-refractivity contribution in [3.63, 3.8) is 0 Å². The minimum absolute atomic E-state index is 0.0964. The van der Waals surface area contributed by atoms with Crippen LogP contribution < -0.4 is 5.32 Å². The van der Waals surface area contributed by atoms with Crippen molar-refractivity contribution >= 4 is 28.8 Å². The molecule has 0 aliphatic heterocycles. The minimum atomic E-state index is -0.0964. The SMILES string of the molecule is O=C(NCCc1nnc(-c2ccccc2Cl)o1)c1cccs1. The summed E-state index contributed by atoms with van der Waals surface area (Å²) in [6.45, 7) is 0.431. The van der Waals surface area contributed by atoms with Crippen LogP contribution in [0.25, 0.3) is 11.5 Å². The molecule has 112 valence electrons. The number of benzene rings is 1. The summed E-state index contributed by atoms with van der Waals surface area (Å²) in [5.74, 6) is 0.743. The van der Waals surface area contributed by atoms with E-state index in [9.17, 15) is 4.79 Å². The van der Waals surface area contributed by atoms with E-state index < -0.39 is 0 Å². The van der Waals surface area contributed by atoms with Crippen LogP contribution in [-0.2, 0) is 6.42 Å². The van der Waals surface area contributed by atoms with Crippen molar-refractivity contribution in [2.75, 3.05) is 6.54 Å². The monoisotopic (exact) mass is 333 g/mol. The molecule has 5 nitrogen and oxygen atoms in total. The highest BCUT2D eigenvalue weighted by Crippen LogP contribution is 2.26. The van der Waals surface area contributed by atoms with E-state index in [2.05, 4.69) is 15.5 Å². The van der Waals surface area contributed by atoms with Gasteiger partial charge in [0.2, 0.25) is 11.8 Å². The summed E-state index contributed by atoms with van der Waals surface area (Å²) in [6.07, 6.45) is 0.467. The number of hydrogen-bond donors (Lipinski definition) is 1. The predicted octanol–water partition coefficient (Wildman–Crippen LogP) is 3.42. The Morgan fingerprint density at radius 3 is 2.86 bits per heavy atom. The standard InChI is InChI=1S/C15H12ClN3O2S/c16-11-5-2-1-4-10(11)15-19-18-13(21-15)7-8-17-14(20)12-6-3-9-22-12/h1-6,9H,7-8H2,(H,17,20). The molecule has 0 spiro atoms. The third-order valence-corrected chi connectivity index (χ3v) is 4.14. The molecule has 22 heavy (non-hydrogen) atoms. The summed E-state index contributed by atoms with van der Waals surface area (Å²) >= 11 is 7.49. The number of thiophene rings is 1. The fourth-order valence-corrected chi connectivity index (χ4v) is 2.73. The minimum Gasteiger partial charge on any atom is -0.421 e. The average Bonchev–Trinajstić information content (AvgIpc) is 3.19. The van der Waals surface area contributed by atoms with Gasteiger partial charge in [-0.2, -0.15) is 0 Å². The van der Waals surface area contributed by atoms with Crippen molar-refractivity contribution in [3.8, 4) is 11.5 Å². The van der Waals surface area contributed by atoms with Gasteiger partial charge in [0.15, 0.2) is 0 Å². The quantitative estimate of drug-likeness (QED) is 0.776. The van der Waals surface area contributed by atoms with Crippen molar-refractivity contribution < 1.29 is 9.21 Å². The van der Waals surface area contributed by atoms with Crippen LogP contribution >= 0.6 is 22.9 Å². The van der Waals surface area contributed by atoms with Crippen molar-refractivity contribution in [2.24, 2.45) is 0 Å². The fraction of sp³-hybridized carbons (Fsp3) is 0.133. The number of rotatable bonds is 5. The lowest BCUT2D eigenvalue weighted by Gasteiger charge is -2.00. The highest BCUT2D eigenvalue weighted by Gasteiger charge is 2.12. The molecule has 3 aromatic rings. The van der Waals surface area contributed by atoms with Gasteiger partial charge in [0.05, 0.1) is 15.5 Å². The summed E-state index contributed by atoms with van der Waals surface area (Å²) in [7, 11) is 0. The van der Waals surface area contributed by atoms with E-state index in [-0.39, 0.29) is 5.91 Å². The molecule has 2 aromatic heterocycles. The van der Waals surface area contributed by atoms with Crippen LogP contribution in [0.2, 0.25) is 5.02 Å². The van der Waals surface area contributed by atoms with Gasteiger partial charge in [-0.1, -0.05) is 29.8 Å². The maximum absolute atomic E-state index is 11.8. The molecule has 0 saturated heterocycles. The molecule has 0 bridgehead atoms. The molecule has 0 saturated carbocycles. The third kappa shape index (κ3) is 3.35. The lowest BCUT2D eigenvalue weighted by Crippen LogP contribution is -2.24. The summed E-state index contributed by atoms with van der Waals surface area (Å²) in [4.78, 5) is 12.5. The maximum Gasteiger partial charge on any atom is 0.261 e. The molecular weight excluding hydrogens is 322 g/mol. The highest BCUT2D eigenvalue weighted by molar-refractivity contribution is 7.12. The lowest BCUT2D eigenvalue weighted by molar-refractivity contribution is 0.0957. The van der Waals surface area contributed by atoms with E-state index in [1.54, 1.807) is 12.1 Å². The van der Waals surface area contributed by atoms with E-state index in [4.69, 9.17) is 16.0 Å². The Kier molecular flexibility index (Phi) is 4.50. The van der Waals surface area contributed by atoms with Gasteiger partial charge in [0, 0.05) is 13.0 Å². The zero-order valence-electron chi connectivity index (χ0n) is 11.5. The average molecular weight is 334 g/mol. The normalized spacial score (nSPS) is 10.6. The number of hydrogen-bond acceptors (Lipinski definition) is 5. The van der Waals surface area contributed by atoms with Crippen LogP contribution in [0.15, 0.2) is 46.2 Å². The molecule has 0 aliphatic rings. The Morgan fingerprint density at radius 1 is 1.23 bits per heavy atom. The first-order chi connectivity index (χ1) is 10.7. The third-order valence-electron chi connectivity index (χ3n) is 2.94. The second kappa shape index (κ2) is 6.72. The summed E-state index contributed by atoms with van der Waals surface area (Å²) in [6, 6.07) is 10.9. The Labute approximate surface area is 135 Å². The maximum atomic E-state index is 11.8. The van der Waals surface area contributed by atoms with Crippen LogP contribution in [-0.4, -0.2) is 22.6 Å². The van der Waals surface area contributed by atoms with Crippen molar-refractivity contribution in [3.05, 3.63) is 57.6 Å². The zero-order chi connectivity index (χ0) is 15.4. The molecule has 0 aliphatic carbocycles. The van der Waals surface area contributed by atoms with Gasteiger partial charge in [0.1, 0.15) is 0 Å². The molecule has 0 unspecified atom stereocenters. The molecular formula is C15H12ClN3O2S. The smallest absolute Gasteiger partial charge is 0.261 e. The van der Waals surface area contributed by atoms with E-state index in [0.29, 0.717) is 40.2 Å². The summed E-state index contributed by atoms with van der Waals surface area (Å²) < 4.78 is 5.57. The van der Waals surface area contributed by atoms with Crippen LogP contribution in [0, 0.1) is 0 Å². The van der Waals surface area contributed by atoms with Gasteiger partial charge in [-0.05, 0) is 23.6 Å². The number of nitrogens with one attached hydrogen (secondary N) is 1. The zero-order valence-corrected chi connectivity index (χ0v) is 13.0. The van der Waals surface area contributed by atoms with Gasteiger partial charge >= 0.3 is 0 Å². The first kappa shape index (κ1) is 14.7. The number of nitrogens with zero attached hydrogens (tertiary/aromatic N) is 2. The van der Waals surface area contributed by atoms with E-state index >= 15 is 0 Å². The van der Waals surface area contributed by atoms with Gasteiger partial charge in [-0.15, -0.1) is 21.5 Å². The Balaban J connectivity index is 1.58. The molecule has 1 aromatic carbocycles. The van der Waals surface area contributed by atoms with Crippen LogP contribution in [0.1, 0.15) is 15.6 Å². The summed E-state index contributed by atoms with van der Waals surface area (Å²) in [5.41, 5.74) is 0.700. The number of aromatic nitrogens is 2. The molecule has 3 rings (SSSR count). The van der Waals surface area contributed by atoms with Crippen LogP contribution in [0.5, 0.6) is 0 Å². The number of carbonyl (C=O) groups excluding carboxylic acids is 1. The largest absolute Gasteiger partial charge is 0.421 e. The molecule has 0 radical (unpaired) electrons. The Morgan fingerprint density at radius 2 is 2.09 bits per heavy atom. The van der Waals surface area contributed by atoms with Gasteiger partial charge in [-0.25, -0.2) is 0 Å². The van der Waals surface area contributed by atoms with Crippen LogP contribution in [0.4, 0.5) is 0 Å². The van der Waals surface area contributed by atoms with Gasteiger partial charge in [-0.3, -0.25) is 4.79 Å². The van der Waals surface area contributed by atoms with Crippen LogP contribution in [0.3, 0.4) is 0 Å². The molecule has 1 N–H and O–H groups in total. The first-order valence-electron chi connectivity index (χ1n) is 6.63. The highest BCUT2D eigenvalue weighted by atomic mass is 35.5. The molecule has 0 fully saturated rings. The van der Waals surface area contributed by atoms with Crippen molar-refractivity contribution in [1.82, 2.24) is 15.5 Å². The fourth-order valence-electron chi connectivity index (χ4n) is 1.88. The first-order valence-corrected chi connectivity index (χ1v) is 7.89. The molecule has 7 heteroatoms. The number of halogens is 1. The van der Waals surface area contributed by atoms with Crippen molar-refractivity contribution in [2.45, 2.75) is 6.42 Å². The second-order valence-corrected chi connectivity index (χ2v) is 5.82. The number of amides is 1. The predicted molar refractivity (Wildman–Crippen MR) is 85.1 cm³/mol. The summed E-state index contributed by atoms with van der Waals surface area (Å²) in [5, 5.41) is 13.2. The molecule has 1 amide bonds. The van der Waals surface area contributed by atoms with E-state index in [0.717, 1.165) is 0 Å². The topological polar surface area (TPSA) is 68.0 Å². The lowest BCUT2D eigenvalue weighted by atomic mass is 10.2. The van der Waals surface area contributed by atoms with Gasteiger partial charge < -0.3 is 9.73 Å². The Hall–Kier alpha value is -2.18. The number of carbonyl (C=O) groups is 1.